The first-order chi connectivity index (χ1) is 41.0. The largest absolute Gasteiger partial charge is 0.462 e. The highest BCUT2D eigenvalue weighted by Gasteiger charge is 2.19. The average molecular weight is 1150 g/mol. The Kier molecular flexibility index (Phi) is 65.8. The molecule has 6 nitrogen and oxygen atoms in total. The van der Waals surface area contributed by atoms with Crippen molar-refractivity contribution in [2.75, 3.05) is 13.2 Å². The fraction of sp³-hybridized carbons (Fsp3) is 0.649. The summed E-state index contributed by atoms with van der Waals surface area (Å²) in [5.41, 5.74) is 0. The molecule has 0 aliphatic rings. The fourth-order valence-corrected chi connectivity index (χ4v) is 9.23. The normalized spacial score (nSPS) is 13.0. The Morgan fingerprint density at radius 2 is 0.470 bits per heavy atom. The SMILES string of the molecule is CC/C=C\C/C=C\C/C=C\C/C=C\C/C=C\C/C=C\CCCCCCC(=O)OC(COC(=O)CCCCCCCCC/C=C\C/C=C\CCCCC)COC(=O)CCCCCCCCCCCCCC/C=C\C/C=C\C/C=C\C/C=C\CC. The lowest BCUT2D eigenvalue weighted by atomic mass is 10.0. The summed E-state index contributed by atoms with van der Waals surface area (Å²) < 4.78 is 17.0. The van der Waals surface area contributed by atoms with Crippen molar-refractivity contribution in [2.45, 2.75) is 309 Å². The number of hydrogen-bond donors (Lipinski definition) is 0. The van der Waals surface area contributed by atoms with Crippen LogP contribution in [0.3, 0.4) is 0 Å². The number of carbonyl (C=O) groups is 3. The molecular formula is C77H126O6. The summed E-state index contributed by atoms with van der Waals surface area (Å²) in [5.74, 6) is -0.926. The second-order valence-corrected chi connectivity index (χ2v) is 22.3. The molecule has 0 bridgehead atoms. The van der Waals surface area contributed by atoms with E-state index in [1.165, 1.54) is 116 Å². The van der Waals surface area contributed by atoms with Crippen molar-refractivity contribution in [3.63, 3.8) is 0 Å². The molecule has 6 heteroatoms. The van der Waals surface area contributed by atoms with Crippen molar-refractivity contribution in [2.24, 2.45) is 0 Å². The van der Waals surface area contributed by atoms with E-state index in [2.05, 4.69) is 167 Å². The number of rotatable bonds is 61. The second kappa shape index (κ2) is 69.8. The van der Waals surface area contributed by atoms with E-state index >= 15 is 0 Å². The maximum Gasteiger partial charge on any atom is 0.306 e. The van der Waals surface area contributed by atoms with Crippen LogP contribution in [0.15, 0.2) is 146 Å². The number of unbranched alkanes of at least 4 members (excludes halogenated alkanes) is 26. The summed E-state index contributed by atoms with van der Waals surface area (Å²) >= 11 is 0. The van der Waals surface area contributed by atoms with Crippen LogP contribution in [0.1, 0.15) is 303 Å². The van der Waals surface area contributed by atoms with Crippen molar-refractivity contribution < 1.29 is 28.6 Å². The Balaban J connectivity index is 4.44. The van der Waals surface area contributed by atoms with Crippen LogP contribution < -0.4 is 0 Å². The van der Waals surface area contributed by atoms with Crippen LogP contribution in [-0.4, -0.2) is 37.2 Å². The molecule has 0 amide bonds. The molecule has 0 spiro atoms. The molecule has 0 aromatic carbocycles. The van der Waals surface area contributed by atoms with E-state index in [0.717, 1.165) is 148 Å². The van der Waals surface area contributed by atoms with Gasteiger partial charge in [-0.2, -0.15) is 0 Å². The molecule has 0 fully saturated rings. The molecule has 0 saturated carbocycles. The molecule has 0 rings (SSSR count). The van der Waals surface area contributed by atoms with Gasteiger partial charge in [-0.3, -0.25) is 14.4 Å². The van der Waals surface area contributed by atoms with Crippen molar-refractivity contribution in [3.05, 3.63) is 146 Å². The second-order valence-electron chi connectivity index (χ2n) is 22.3. The average Bonchev–Trinajstić information content (AvgIpc) is 3.49. The summed E-state index contributed by atoms with van der Waals surface area (Å²) in [6.07, 6.45) is 99.9. The molecule has 0 heterocycles. The minimum Gasteiger partial charge on any atom is -0.462 e. The van der Waals surface area contributed by atoms with E-state index in [9.17, 15) is 14.4 Å². The van der Waals surface area contributed by atoms with E-state index < -0.39 is 6.10 Å². The van der Waals surface area contributed by atoms with Gasteiger partial charge in [0.15, 0.2) is 6.10 Å². The molecule has 83 heavy (non-hydrogen) atoms. The van der Waals surface area contributed by atoms with Crippen molar-refractivity contribution in [1.29, 1.82) is 0 Å². The quantitative estimate of drug-likeness (QED) is 0.0261. The molecule has 0 aromatic heterocycles. The van der Waals surface area contributed by atoms with Crippen LogP contribution in [0.2, 0.25) is 0 Å². The number of carbonyl (C=O) groups excluding carboxylic acids is 3. The van der Waals surface area contributed by atoms with E-state index in [1.54, 1.807) is 0 Å². The van der Waals surface area contributed by atoms with Gasteiger partial charge >= 0.3 is 17.9 Å². The van der Waals surface area contributed by atoms with Crippen LogP contribution in [0.25, 0.3) is 0 Å². The third-order valence-corrected chi connectivity index (χ3v) is 14.3. The molecule has 0 saturated heterocycles. The first-order valence-corrected chi connectivity index (χ1v) is 34.3. The van der Waals surface area contributed by atoms with Gasteiger partial charge in [-0.15, -0.1) is 0 Å². The van der Waals surface area contributed by atoms with Crippen molar-refractivity contribution >= 4 is 17.9 Å². The summed E-state index contributed by atoms with van der Waals surface area (Å²) in [4.78, 5) is 38.5. The minimum atomic E-state index is -0.804. The van der Waals surface area contributed by atoms with Crippen LogP contribution in [-0.2, 0) is 28.6 Å². The Hall–Kier alpha value is -4.71. The van der Waals surface area contributed by atoms with Crippen molar-refractivity contribution in [3.8, 4) is 0 Å². The zero-order valence-corrected chi connectivity index (χ0v) is 53.9. The Morgan fingerprint density at radius 1 is 0.253 bits per heavy atom. The predicted molar refractivity (Wildman–Crippen MR) is 362 cm³/mol. The first kappa shape index (κ1) is 78.3. The maximum absolute atomic E-state index is 13.0. The number of ether oxygens (including phenoxy) is 3. The fourth-order valence-electron chi connectivity index (χ4n) is 9.23. The summed E-state index contributed by atoms with van der Waals surface area (Å²) in [5, 5.41) is 0. The van der Waals surface area contributed by atoms with E-state index in [-0.39, 0.29) is 31.1 Å². The zero-order valence-electron chi connectivity index (χ0n) is 53.9. The number of esters is 3. The predicted octanol–water partition coefficient (Wildman–Crippen LogP) is 23.9. The molecule has 0 radical (unpaired) electrons. The van der Waals surface area contributed by atoms with Crippen LogP contribution in [0, 0.1) is 0 Å². The van der Waals surface area contributed by atoms with Gasteiger partial charge in [0.05, 0.1) is 0 Å². The van der Waals surface area contributed by atoms with Gasteiger partial charge in [-0.1, -0.05) is 289 Å². The lowest BCUT2D eigenvalue weighted by Gasteiger charge is -2.18. The minimum absolute atomic E-state index is 0.0962. The molecule has 0 aromatic rings. The maximum atomic E-state index is 13.0. The standard InChI is InChI=1S/C77H126O6/c1-4-7-10-13-16-19-22-25-28-31-33-35-37-38-40-41-43-46-49-52-55-58-61-64-67-70-76(79)82-73-74(72-81-75(78)69-66-63-60-57-54-51-48-45-30-27-24-21-18-15-12-9-6-3)83-77(80)71-68-65-62-59-56-53-50-47-44-42-39-36-34-32-29-26-23-20-17-14-11-8-5-2/h7-8,10-11,16-21,25-30,33-36,42,44,50,53,74H,4-6,9,12-15,22-24,31-32,37-41,43,45-49,51-52,54-73H2,1-3H3/b10-7-,11-8-,19-16-,20-17-,21-18-,28-25-,29-26-,30-27-,35-33-,36-34-,44-42-,53-50-. The lowest BCUT2D eigenvalue weighted by molar-refractivity contribution is -0.167. The van der Waals surface area contributed by atoms with E-state index in [1.807, 2.05) is 0 Å². The van der Waals surface area contributed by atoms with Gasteiger partial charge in [0.25, 0.3) is 0 Å². The molecule has 0 N–H and O–H groups in total. The van der Waals surface area contributed by atoms with E-state index in [0.29, 0.717) is 19.3 Å². The third kappa shape index (κ3) is 68.0. The van der Waals surface area contributed by atoms with Gasteiger partial charge in [0.1, 0.15) is 13.2 Å². The van der Waals surface area contributed by atoms with E-state index in [4.69, 9.17) is 14.2 Å². The molecule has 1 atom stereocenters. The monoisotopic (exact) mass is 1150 g/mol. The van der Waals surface area contributed by atoms with Crippen molar-refractivity contribution in [1.82, 2.24) is 0 Å². The van der Waals surface area contributed by atoms with Gasteiger partial charge in [-0.05, 0) is 141 Å². The highest BCUT2D eigenvalue weighted by Crippen LogP contribution is 2.16. The Bertz CT molecular complexity index is 1800. The summed E-state index contributed by atoms with van der Waals surface area (Å²) in [6, 6.07) is 0. The topological polar surface area (TPSA) is 78.9 Å². The van der Waals surface area contributed by atoms with Crippen LogP contribution >= 0.6 is 0 Å². The zero-order chi connectivity index (χ0) is 59.9. The summed E-state index contributed by atoms with van der Waals surface area (Å²) in [6.45, 7) is 6.38. The molecule has 0 aliphatic heterocycles. The van der Waals surface area contributed by atoms with Gasteiger partial charge in [0, 0.05) is 19.3 Å². The Morgan fingerprint density at radius 3 is 0.735 bits per heavy atom. The van der Waals surface area contributed by atoms with Crippen LogP contribution in [0.4, 0.5) is 0 Å². The molecule has 0 aliphatic carbocycles. The number of allylic oxidation sites excluding steroid dienone is 24. The molecule has 470 valence electrons. The third-order valence-electron chi connectivity index (χ3n) is 14.3. The Labute approximate surface area is 512 Å². The smallest absolute Gasteiger partial charge is 0.306 e. The molecule has 1 unspecified atom stereocenters. The van der Waals surface area contributed by atoms with Gasteiger partial charge in [0.2, 0.25) is 0 Å². The number of hydrogen-bond acceptors (Lipinski definition) is 6. The van der Waals surface area contributed by atoms with Gasteiger partial charge in [-0.25, -0.2) is 0 Å². The summed E-state index contributed by atoms with van der Waals surface area (Å²) in [7, 11) is 0. The highest BCUT2D eigenvalue weighted by atomic mass is 16.6. The van der Waals surface area contributed by atoms with Gasteiger partial charge < -0.3 is 14.2 Å². The van der Waals surface area contributed by atoms with Crippen LogP contribution in [0.5, 0.6) is 0 Å². The lowest BCUT2D eigenvalue weighted by Crippen LogP contribution is -2.30. The highest BCUT2D eigenvalue weighted by molar-refractivity contribution is 5.71. The molecular weight excluding hydrogens is 1020 g/mol. The first-order valence-electron chi connectivity index (χ1n) is 34.3.